The molecule has 6 heteroatoms. The summed E-state index contributed by atoms with van der Waals surface area (Å²) in [5, 5.41) is 6.06. The minimum atomic E-state index is 0.160. The Balaban J connectivity index is 1.50. The normalized spacial score (nSPS) is 17.7. The van der Waals surface area contributed by atoms with Crippen molar-refractivity contribution in [3.05, 3.63) is 35.8 Å². The van der Waals surface area contributed by atoms with Gasteiger partial charge in [-0.15, -0.1) is 0 Å². The van der Waals surface area contributed by atoms with Gasteiger partial charge in [-0.05, 0) is 43.4 Å². The number of rotatable bonds is 4. The minimum Gasteiger partial charge on any atom is -0.346 e. The van der Waals surface area contributed by atoms with Crippen LogP contribution in [0, 0.1) is 12.8 Å². The number of nitrogens with one attached hydrogen (secondary N) is 1. The first-order chi connectivity index (χ1) is 12.6. The maximum Gasteiger partial charge on any atom is 0.219 e. The highest BCUT2D eigenvalue weighted by molar-refractivity contribution is 5.83. The predicted molar refractivity (Wildman–Crippen MR) is 99.8 cm³/mol. The van der Waals surface area contributed by atoms with Gasteiger partial charge in [-0.25, -0.2) is 4.98 Å². The Hall–Kier alpha value is -2.63. The van der Waals surface area contributed by atoms with Crippen LogP contribution in [0.2, 0.25) is 0 Å². The molecule has 3 aromatic rings. The highest BCUT2D eigenvalue weighted by atomic mass is 16.2. The van der Waals surface area contributed by atoms with Crippen LogP contribution in [0.25, 0.3) is 22.3 Å². The van der Waals surface area contributed by atoms with Crippen molar-refractivity contribution in [1.29, 1.82) is 0 Å². The third kappa shape index (κ3) is 2.60. The molecule has 5 rings (SSSR count). The van der Waals surface area contributed by atoms with Crippen LogP contribution in [0.5, 0.6) is 0 Å². The molecule has 4 heterocycles. The second kappa shape index (κ2) is 5.69. The Kier molecular flexibility index (Phi) is 3.42. The Morgan fingerprint density at radius 3 is 2.85 bits per heavy atom. The summed E-state index contributed by atoms with van der Waals surface area (Å²) in [5.74, 6) is 1.31. The highest BCUT2D eigenvalue weighted by Gasteiger charge is 2.34. The molecule has 0 radical (unpaired) electrons. The molecule has 0 atom stereocenters. The quantitative estimate of drug-likeness (QED) is 0.787. The number of amides is 1. The van der Waals surface area contributed by atoms with Crippen LogP contribution < -0.4 is 0 Å². The maximum atomic E-state index is 11.5. The Bertz CT molecular complexity index is 991. The van der Waals surface area contributed by atoms with E-state index in [1.165, 1.54) is 24.1 Å². The molecule has 1 amide bonds. The molecule has 1 saturated heterocycles. The first kappa shape index (κ1) is 15.6. The van der Waals surface area contributed by atoms with E-state index in [9.17, 15) is 4.79 Å². The van der Waals surface area contributed by atoms with Gasteiger partial charge in [-0.1, -0.05) is 0 Å². The summed E-state index contributed by atoms with van der Waals surface area (Å²) >= 11 is 0. The maximum absolute atomic E-state index is 11.5. The van der Waals surface area contributed by atoms with E-state index in [-0.39, 0.29) is 5.91 Å². The van der Waals surface area contributed by atoms with Crippen molar-refractivity contribution in [2.45, 2.75) is 39.2 Å². The summed E-state index contributed by atoms with van der Waals surface area (Å²) in [6, 6.07) is 4.37. The highest BCUT2D eigenvalue weighted by Crippen LogP contribution is 2.35. The van der Waals surface area contributed by atoms with Crippen LogP contribution in [0.4, 0.5) is 0 Å². The van der Waals surface area contributed by atoms with Crippen molar-refractivity contribution >= 4 is 16.9 Å². The second-order valence-electron chi connectivity index (χ2n) is 7.79. The molecular weight excluding hydrogens is 326 g/mol. The molecule has 3 aromatic heterocycles. The summed E-state index contributed by atoms with van der Waals surface area (Å²) in [6.07, 6.45) is 6.49. The lowest BCUT2D eigenvalue weighted by Gasteiger charge is -2.38. The number of hydrogen-bond acceptors (Lipinski definition) is 3. The standard InChI is InChI=1S/C20H23N5O/c1-12-7-21-20-17(12)5-15(8-22-20)18-6-19(16-10-24(11-16)13(2)26)25(23-18)9-14-3-4-14/h5-8,14,16H,3-4,9-11H2,1-2H3,(H,21,22). The van der Waals surface area contributed by atoms with Gasteiger partial charge in [0, 0.05) is 61.5 Å². The fraction of sp³-hybridized carbons (Fsp3) is 0.450. The van der Waals surface area contributed by atoms with E-state index in [1.807, 2.05) is 17.3 Å². The van der Waals surface area contributed by atoms with Gasteiger partial charge in [0.25, 0.3) is 0 Å². The molecule has 1 aliphatic heterocycles. The summed E-state index contributed by atoms with van der Waals surface area (Å²) in [4.78, 5) is 21.2. The fourth-order valence-corrected chi connectivity index (χ4v) is 3.79. The van der Waals surface area contributed by atoms with Crippen molar-refractivity contribution in [3.8, 4) is 11.3 Å². The lowest BCUT2D eigenvalue weighted by Crippen LogP contribution is -2.48. The Morgan fingerprint density at radius 1 is 1.31 bits per heavy atom. The van der Waals surface area contributed by atoms with Crippen molar-refractivity contribution < 1.29 is 4.79 Å². The summed E-state index contributed by atoms with van der Waals surface area (Å²) in [5.41, 5.74) is 5.41. The van der Waals surface area contributed by atoms with E-state index >= 15 is 0 Å². The molecule has 134 valence electrons. The number of fused-ring (bicyclic) bond motifs is 1. The lowest BCUT2D eigenvalue weighted by molar-refractivity contribution is -0.133. The van der Waals surface area contributed by atoms with E-state index in [2.05, 4.69) is 33.7 Å². The molecule has 0 aromatic carbocycles. The largest absolute Gasteiger partial charge is 0.346 e. The SMILES string of the molecule is CC(=O)N1CC(c2cc(-c3cnc4[nH]cc(C)c4c3)nn2CC2CC2)C1. The summed E-state index contributed by atoms with van der Waals surface area (Å²) in [6.45, 7) is 6.33. The number of aromatic nitrogens is 4. The monoisotopic (exact) mass is 349 g/mol. The Morgan fingerprint density at radius 2 is 2.12 bits per heavy atom. The number of likely N-dealkylation sites (tertiary alicyclic amines) is 1. The van der Waals surface area contributed by atoms with Crippen LogP contribution in [-0.2, 0) is 11.3 Å². The van der Waals surface area contributed by atoms with E-state index in [0.717, 1.165) is 47.8 Å². The fourth-order valence-electron chi connectivity index (χ4n) is 3.79. The molecule has 1 saturated carbocycles. The average Bonchev–Trinajstić information content (AvgIpc) is 3.19. The molecule has 1 N–H and O–H groups in total. The number of aryl methyl sites for hydroxylation is 1. The van der Waals surface area contributed by atoms with Gasteiger partial charge in [0.2, 0.25) is 5.91 Å². The van der Waals surface area contributed by atoms with Crippen molar-refractivity contribution in [1.82, 2.24) is 24.6 Å². The molecule has 0 bridgehead atoms. The van der Waals surface area contributed by atoms with Crippen LogP contribution >= 0.6 is 0 Å². The van der Waals surface area contributed by atoms with Gasteiger partial charge < -0.3 is 9.88 Å². The van der Waals surface area contributed by atoms with Crippen molar-refractivity contribution in [2.75, 3.05) is 13.1 Å². The zero-order valence-corrected chi connectivity index (χ0v) is 15.2. The smallest absolute Gasteiger partial charge is 0.219 e. The third-order valence-electron chi connectivity index (χ3n) is 5.72. The zero-order chi connectivity index (χ0) is 17.8. The first-order valence-corrected chi connectivity index (χ1v) is 9.36. The topological polar surface area (TPSA) is 66.8 Å². The zero-order valence-electron chi connectivity index (χ0n) is 15.2. The summed E-state index contributed by atoms with van der Waals surface area (Å²) in [7, 11) is 0. The molecule has 0 spiro atoms. The molecule has 0 unspecified atom stereocenters. The Labute approximate surface area is 152 Å². The van der Waals surface area contributed by atoms with Gasteiger partial charge in [-0.2, -0.15) is 5.10 Å². The molecular formula is C20H23N5O. The van der Waals surface area contributed by atoms with Crippen LogP contribution in [0.1, 0.15) is 36.9 Å². The molecule has 2 fully saturated rings. The molecule has 1 aliphatic carbocycles. The van der Waals surface area contributed by atoms with Gasteiger partial charge >= 0.3 is 0 Å². The number of carbonyl (C=O) groups is 1. The van der Waals surface area contributed by atoms with Crippen molar-refractivity contribution in [2.24, 2.45) is 5.92 Å². The average molecular weight is 349 g/mol. The minimum absolute atomic E-state index is 0.160. The first-order valence-electron chi connectivity index (χ1n) is 9.36. The van der Waals surface area contributed by atoms with Gasteiger partial charge in [0.15, 0.2) is 0 Å². The van der Waals surface area contributed by atoms with Gasteiger partial charge in [0.05, 0.1) is 5.69 Å². The van der Waals surface area contributed by atoms with Crippen LogP contribution in [0.3, 0.4) is 0 Å². The van der Waals surface area contributed by atoms with E-state index < -0.39 is 0 Å². The second-order valence-corrected chi connectivity index (χ2v) is 7.79. The summed E-state index contributed by atoms with van der Waals surface area (Å²) < 4.78 is 2.18. The lowest BCUT2D eigenvalue weighted by atomic mass is 9.95. The molecule has 6 nitrogen and oxygen atoms in total. The van der Waals surface area contributed by atoms with Crippen molar-refractivity contribution in [3.63, 3.8) is 0 Å². The number of nitrogens with zero attached hydrogens (tertiary/aromatic N) is 4. The molecule has 2 aliphatic rings. The third-order valence-corrected chi connectivity index (χ3v) is 5.72. The van der Waals surface area contributed by atoms with E-state index in [0.29, 0.717) is 5.92 Å². The number of pyridine rings is 1. The van der Waals surface area contributed by atoms with Gasteiger partial charge in [-0.3, -0.25) is 9.48 Å². The molecule has 26 heavy (non-hydrogen) atoms. The van der Waals surface area contributed by atoms with Crippen LogP contribution in [-0.4, -0.2) is 43.6 Å². The van der Waals surface area contributed by atoms with Crippen LogP contribution in [0.15, 0.2) is 24.5 Å². The van der Waals surface area contributed by atoms with E-state index in [1.54, 1.807) is 6.92 Å². The number of aromatic amines is 1. The number of carbonyl (C=O) groups excluding carboxylic acids is 1. The number of hydrogen-bond donors (Lipinski definition) is 1. The number of H-pyrrole nitrogens is 1. The van der Waals surface area contributed by atoms with Gasteiger partial charge in [0.1, 0.15) is 5.65 Å². The van der Waals surface area contributed by atoms with E-state index in [4.69, 9.17) is 5.10 Å². The predicted octanol–water partition coefficient (Wildman–Crippen LogP) is 3.09.